The van der Waals surface area contributed by atoms with E-state index < -0.39 is 11.6 Å². The van der Waals surface area contributed by atoms with Crippen molar-refractivity contribution in [2.45, 2.75) is 45.3 Å². The predicted molar refractivity (Wildman–Crippen MR) is 115 cm³/mol. The molecule has 8 heteroatoms. The molecule has 0 bridgehead atoms. The number of likely N-dealkylation sites (tertiary alicyclic amines) is 1. The summed E-state index contributed by atoms with van der Waals surface area (Å²) in [6.45, 7) is 6.45. The lowest BCUT2D eigenvalue weighted by Gasteiger charge is -2.34. The summed E-state index contributed by atoms with van der Waals surface area (Å²) < 4.78 is 7.35. The van der Waals surface area contributed by atoms with Gasteiger partial charge in [-0.2, -0.15) is 0 Å². The molecule has 3 rings (SSSR count). The van der Waals surface area contributed by atoms with Gasteiger partial charge in [0.05, 0.1) is 5.92 Å². The van der Waals surface area contributed by atoms with E-state index in [0.717, 1.165) is 24.2 Å². The molecule has 2 heterocycles. The normalized spacial score (nSPS) is 18.0. The topological polar surface area (TPSA) is 76.5 Å². The van der Waals surface area contributed by atoms with Crippen LogP contribution < -0.4 is 5.32 Å². The number of halogens is 1. The molecule has 1 saturated heterocycles. The Labute approximate surface area is 182 Å². The number of ether oxygens (including phenoxy) is 1. The van der Waals surface area contributed by atoms with Crippen molar-refractivity contribution in [1.82, 2.24) is 19.8 Å². The maximum atomic E-state index is 13.2. The van der Waals surface area contributed by atoms with Crippen LogP contribution in [0.3, 0.4) is 0 Å². The van der Waals surface area contributed by atoms with Gasteiger partial charge in [-0.1, -0.05) is 23.7 Å². The maximum Gasteiger partial charge on any atom is 0.410 e. The van der Waals surface area contributed by atoms with Gasteiger partial charge in [-0.15, -0.1) is 0 Å². The van der Waals surface area contributed by atoms with Crippen LogP contribution in [0.2, 0.25) is 5.02 Å². The molecule has 2 atom stereocenters. The van der Waals surface area contributed by atoms with Gasteiger partial charge in [-0.25, -0.2) is 9.78 Å². The number of nitrogens with zero attached hydrogens (tertiary/aromatic N) is 3. The number of rotatable bonds is 4. The first kappa shape index (κ1) is 22.2. The van der Waals surface area contributed by atoms with Crippen molar-refractivity contribution >= 4 is 23.6 Å². The number of aromatic nitrogens is 2. The second kappa shape index (κ2) is 9.08. The number of imidazole rings is 1. The zero-order valence-electron chi connectivity index (χ0n) is 17.9. The Balaban J connectivity index is 1.74. The highest BCUT2D eigenvalue weighted by Crippen LogP contribution is 2.25. The molecular formula is C22H29ClN4O3. The summed E-state index contributed by atoms with van der Waals surface area (Å²) in [5.74, 6) is 0.318. The standard InChI is InChI=1S/C22H29ClN4O3/c1-22(2,3)30-21(29)27-12-5-6-16(14-27)20(28)25-18(19-24-11-13-26(19)4)15-7-9-17(23)10-8-15/h7-11,13,16,18H,5-6,12,14H2,1-4H3,(H,25,28)/t16-,18+/m1/s1. The van der Waals surface area contributed by atoms with Crippen LogP contribution in [-0.4, -0.2) is 45.1 Å². The minimum Gasteiger partial charge on any atom is -0.444 e. The molecule has 0 unspecified atom stereocenters. The number of nitrogens with one attached hydrogen (secondary N) is 1. The Morgan fingerprint density at radius 3 is 2.57 bits per heavy atom. The van der Waals surface area contributed by atoms with Gasteiger partial charge in [0, 0.05) is 37.6 Å². The van der Waals surface area contributed by atoms with E-state index in [-0.39, 0.29) is 17.9 Å². The van der Waals surface area contributed by atoms with Crippen molar-refractivity contribution in [3.05, 3.63) is 53.1 Å². The van der Waals surface area contributed by atoms with Crippen LogP contribution >= 0.6 is 11.6 Å². The minimum atomic E-state index is -0.565. The quantitative estimate of drug-likeness (QED) is 0.794. The smallest absolute Gasteiger partial charge is 0.410 e. The van der Waals surface area contributed by atoms with E-state index in [0.29, 0.717) is 18.1 Å². The van der Waals surface area contributed by atoms with Crippen LogP contribution in [-0.2, 0) is 16.6 Å². The molecule has 1 aromatic heterocycles. The van der Waals surface area contributed by atoms with Gasteiger partial charge in [-0.3, -0.25) is 4.79 Å². The second-order valence-electron chi connectivity index (χ2n) is 8.66. The number of hydrogen-bond acceptors (Lipinski definition) is 4. The molecule has 1 aliphatic heterocycles. The molecule has 2 amide bonds. The Morgan fingerprint density at radius 2 is 1.97 bits per heavy atom. The lowest BCUT2D eigenvalue weighted by atomic mass is 9.96. The highest BCUT2D eigenvalue weighted by atomic mass is 35.5. The van der Waals surface area contributed by atoms with Crippen LogP contribution in [0.5, 0.6) is 0 Å². The van der Waals surface area contributed by atoms with Crippen molar-refractivity contribution in [2.24, 2.45) is 13.0 Å². The third kappa shape index (κ3) is 5.53. The molecule has 1 aromatic carbocycles. The van der Waals surface area contributed by atoms with Gasteiger partial charge in [0.2, 0.25) is 5.91 Å². The molecule has 1 aliphatic rings. The van der Waals surface area contributed by atoms with Crippen LogP contribution in [0.1, 0.15) is 51.0 Å². The largest absolute Gasteiger partial charge is 0.444 e. The van der Waals surface area contributed by atoms with Gasteiger partial charge in [0.15, 0.2) is 0 Å². The third-order valence-corrected chi connectivity index (χ3v) is 5.30. The van der Waals surface area contributed by atoms with Crippen molar-refractivity contribution < 1.29 is 14.3 Å². The van der Waals surface area contributed by atoms with Gasteiger partial charge >= 0.3 is 6.09 Å². The van der Waals surface area contributed by atoms with E-state index >= 15 is 0 Å². The maximum absolute atomic E-state index is 13.2. The summed E-state index contributed by atoms with van der Waals surface area (Å²) in [6.07, 6.45) is 4.65. The number of piperidine rings is 1. The molecule has 0 radical (unpaired) electrons. The number of carbonyl (C=O) groups excluding carboxylic acids is 2. The highest BCUT2D eigenvalue weighted by molar-refractivity contribution is 6.30. The van der Waals surface area contributed by atoms with Crippen molar-refractivity contribution in [1.29, 1.82) is 0 Å². The molecule has 7 nitrogen and oxygen atoms in total. The Kier molecular flexibility index (Phi) is 6.71. The molecule has 1 fully saturated rings. The summed E-state index contributed by atoms with van der Waals surface area (Å²) in [7, 11) is 1.89. The molecule has 0 aliphatic carbocycles. The first-order valence-corrected chi connectivity index (χ1v) is 10.5. The lowest BCUT2D eigenvalue weighted by Crippen LogP contribution is -2.47. The average molecular weight is 433 g/mol. The monoisotopic (exact) mass is 432 g/mol. The summed E-state index contributed by atoms with van der Waals surface area (Å²) >= 11 is 6.03. The van der Waals surface area contributed by atoms with E-state index in [2.05, 4.69) is 10.3 Å². The number of amides is 2. The zero-order chi connectivity index (χ0) is 21.9. The molecular weight excluding hydrogens is 404 g/mol. The summed E-state index contributed by atoms with van der Waals surface area (Å²) in [4.78, 5) is 31.6. The van der Waals surface area contributed by atoms with E-state index in [4.69, 9.17) is 16.3 Å². The zero-order valence-corrected chi connectivity index (χ0v) is 18.6. The molecule has 2 aromatic rings. The van der Waals surface area contributed by atoms with Crippen molar-refractivity contribution in [3.8, 4) is 0 Å². The summed E-state index contributed by atoms with van der Waals surface area (Å²) in [5, 5.41) is 3.76. The lowest BCUT2D eigenvalue weighted by molar-refractivity contribution is -0.127. The van der Waals surface area contributed by atoms with Crippen LogP contribution in [0.4, 0.5) is 4.79 Å². The molecule has 162 valence electrons. The Morgan fingerprint density at radius 1 is 1.27 bits per heavy atom. The fourth-order valence-electron chi connectivity index (χ4n) is 3.55. The number of hydrogen-bond donors (Lipinski definition) is 1. The van der Waals surface area contributed by atoms with Gasteiger partial charge < -0.3 is 19.5 Å². The number of carbonyl (C=O) groups is 2. The van der Waals surface area contributed by atoms with Crippen LogP contribution in [0, 0.1) is 5.92 Å². The van der Waals surface area contributed by atoms with E-state index in [1.165, 1.54) is 0 Å². The fourth-order valence-corrected chi connectivity index (χ4v) is 3.68. The molecule has 30 heavy (non-hydrogen) atoms. The SMILES string of the molecule is Cn1ccnc1[C@@H](NC(=O)[C@@H]1CCCN(C(=O)OC(C)(C)C)C1)c1ccc(Cl)cc1. The Bertz CT molecular complexity index is 889. The van der Waals surface area contributed by atoms with Crippen molar-refractivity contribution in [3.63, 3.8) is 0 Å². The van der Waals surface area contributed by atoms with E-state index in [9.17, 15) is 9.59 Å². The molecule has 0 spiro atoms. The average Bonchev–Trinajstić information content (AvgIpc) is 3.11. The van der Waals surface area contributed by atoms with E-state index in [1.807, 2.05) is 50.7 Å². The van der Waals surface area contributed by atoms with Crippen LogP contribution in [0.15, 0.2) is 36.7 Å². The highest BCUT2D eigenvalue weighted by Gasteiger charge is 2.32. The summed E-state index contributed by atoms with van der Waals surface area (Å²) in [6, 6.07) is 6.95. The van der Waals surface area contributed by atoms with Crippen LogP contribution in [0.25, 0.3) is 0 Å². The number of benzene rings is 1. The number of aryl methyl sites for hydroxylation is 1. The predicted octanol–water partition coefficient (Wildman–Crippen LogP) is 3.93. The minimum absolute atomic E-state index is 0.105. The molecule has 1 N–H and O–H groups in total. The Hall–Kier alpha value is -2.54. The second-order valence-corrected chi connectivity index (χ2v) is 9.09. The van der Waals surface area contributed by atoms with Gasteiger partial charge in [0.1, 0.15) is 17.5 Å². The molecule has 0 saturated carbocycles. The van der Waals surface area contributed by atoms with Gasteiger partial charge in [-0.05, 0) is 51.3 Å². The first-order valence-electron chi connectivity index (χ1n) is 10.1. The van der Waals surface area contributed by atoms with E-state index in [1.54, 1.807) is 23.2 Å². The van der Waals surface area contributed by atoms with Gasteiger partial charge in [0.25, 0.3) is 0 Å². The fraction of sp³-hybridized carbons (Fsp3) is 0.500. The van der Waals surface area contributed by atoms with Crippen molar-refractivity contribution in [2.75, 3.05) is 13.1 Å². The summed E-state index contributed by atoms with van der Waals surface area (Å²) in [5.41, 5.74) is 0.325. The first-order chi connectivity index (χ1) is 14.1. The third-order valence-electron chi connectivity index (χ3n) is 5.05.